The second-order valence-electron chi connectivity index (χ2n) is 3.96. The second-order valence-corrected chi connectivity index (χ2v) is 4.36. The molecule has 0 fully saturated rings. The lowest BCUT2D eigenvalue weighted by Gasteiger charge is -2.08. The third-order valence-corrected chi connectivity index (χ3v) is 2.80. The zero-order valence-corrected chi connectivity index (χ0v) is 11.2. The summed E-state index contributed by atoms with van der Waals surface area (Å²) >= 11 is 5.88. The maximum Gasteiger partial charge on any atom is 0.262 e. The number of hydrogen-bond donors (Lipinski definition) is 1. The Bertz CT molecular complexity index is 651. The Morgan fingerprint density at radius 2 is 2.00 bits per heavy atom. The van der Waals surface area contributed by atoms with Crippen LogP contribution in [0.4, 0.5) is 5.69 Å². The lowest BCUT2D eigenvalue weighted by atomic mass is 10.2. The molecule has 4 nitrogen and oxygen atoms in total. The molecule has 2 rings (SSSR count). The van der Waals surface area contributed by atoms with E-state index in [9.17, 15) is 4.79 Å². The van der Waals surface area contributed by atoms with Gasteiger partial charge in [-0.2, -0.15) is 5.26 Å². The van der Waals surface area contributed by atoms with Crippen LogP contribution in [-0.4, -0.2) is 12.5 Å². The van der Waals surface area contributed by atoms with Crippen LogP contribution in [0.5, 0.6) is 5.75 Å². The molecular formula is C15H11ClN2O2. The van der Waals surface area contributed by atoms with Crippen molar-refractivity contribution in [3.8, 4) is 11.8 Å². The monoisotopic (exact) mass is 286 g/mol. The van der Waals surface area contributed by atoms with Gasteiger partial charge in [-0.3, -0.25) is 4.79 Å². The van der Waals surface area contributed by atoms with Gasteiger partial charge in [0.1, 0.15) is 11.8 Å². The zero-order chi connectivity index (χ0) is 14.4. The first-order chi connectivity index (χ1) is 9.69. The van der Waals surface area contributed by atoms with Gasteiger partial charge >= 0.3 is 0 Å². The molecule has 0 atom stereocenters. The third kappa shape index (κ3) is 3.74. The first kappa shape index (κ1) is 13.9. The minimum Gasteiger partial charge on any atom is -0.484 e. The molecule has 0 aliphatic heterocycles. The number of nitrogens with zero attached hydrogens (tertiary/aromatic N) is 1. The van der Waals surface area contributed by atoms with E-state index in [1.807, 2.05) is 24.3 Å². The number of halogens is 1. The van der Waals surface area contributed by atoms with Crippen molar-refractivity contribution < 1.29 is 9.53 Å². The highest BCUT2D eigenvalue weighted by molar-refractivity contribution is 6.32. The van der Waals surface area contributed by atoms with Crippen LogP contribution in [-0.2, 0) is 4.79 Å². The number of rotatable bonds is 4. The van der Waals surface area contributed by atoms with Gasteiger partial charge in [0, 0.05) is 5.69 Å². The molecule has 0 bridgehead atoms. The van der Waals surface area contributed by atoms with Gasteiger partial charge in [0.05, 0.1) is 10.6 Å². The summed E-state index contributed by atoms with van der Waals surface area (Å²) in [5, 5.41) is 11.7. The van der Waals surface area contributed by atoms with Gasteiger partial charge < -0.3 is 10.1 Å². The molecule has 5 heteroatoms. The van der Waals surface area contributed by atoms with E-state index in [1.165, 1.54) is 6.07 Å². The summed E-state index contributed by atoms with van der Waals surface area (Å²) in [6, 6.07) is 15.7. The summed E-state index contributed by atoms with van der Waals surface area (Å²) in [6.07, 6.45) is 0. The van der Waals surface area contributed by atoms with Crippen LogP contribution in [0.3, 0.4) is 0 Å². The fourth-order valence-electron chi connectivity index (χ4n) is 1.55. The number of hydrogen-bond acceptors (Lipinski definition) is 3. The number of benzene rings is 2. The normalized spacial score (nSPS) is 9.60. The molecule has 1 N–H and O–H groups in total. The van der Waals surface area contributed by atoms with E-state index in [1.54, 1.807) is 24.3 Å². The molecule has 2 aromatic carbocycles. The number of ether oxygens (including phenoxy) is 1. The molecular weight excluding hydrogens is 276 g/mol. The molecule has 1 amide bonds. The largest absolute Gasteiger partial charge is 0.484 e. The van der Waals surface area contributed by atoms with Crippen molar-refractivity contribution in [1.29, 1.82) is 5.26 Å². The number of carbonyl (C=O) groups is 1. The maximum absolute atomic E-state index is 11.7. The van der Waals surface area contributed by atoms with Gasteiger partial charge in [0.25, 0.3) is 5.91 Å². The number of anilines is 1. The predicted octanol–water partition coefficient (Wildman–Crippen LogP) is 3.23. The van der Waals surface area contributed by atoms with E-state index in [-0.39, 0.29) is 12.5 Å². The van der Waals surface area contributed by atoms with E-state index < -0.39 is 0 Å². The standard InChI is InChI=1S/C15H11ClN2O2/c16-14-8-12(7-6-11(14)9-17)18-15(19)10-20-13-4-2-1-3-5-13/h1-8H,10H2,(H,18,19). The van der Waals surface area contributed by atoms with Gasteiger partial charge in [-0.05, 0) is 30.3 Å². The Hall–Kier alpha value is -2.51. The smallest absolute Gasteiger partial charge is 0.262 e. The highest BCUT2D eigenvalue weighted by Gasteiger charge is 2.06. The minimum absolute atomic E-state index is 0.0956. The molecule has 0 aromatic heterocycles. The molecule has 0 saturated heterocycles. The van der Waals surface area contributed by atoms with Crippen molar-refractivity contribution in [3.05, 3.63) is 59.1 Å². The van der Waals surface area contributed by atoms with Crippen molar-refractivity contribution in [3.63, 3.8) is 0 Å². The number of para-hydroxylation sites is 1. The maximum atomic E-state index is 11.7. The van der Waals surface area contributed by atoms with E-state index in [2.05, 4.69) is 5.32 Å². The molecule has 20 heavy (non-hydrogen) atoms. The van der Waals surface area contributed by atoms with Gasteiger partial charge in [-0.25, -0.2) is 0 Å². The summed E-state index contributed by atoms with van der Waals surface area (Å²) in [4.78, 5) is 11.7. The fourth-order valence-corrected chi connectivity index (χ4v) is 1.77. The summed E-state index contributed by atoms with van der Waals surface area (Å²) in [6.45, 7) is -0.0956. The highest BCUT2D eigenvalue weighted by Crippen LogP contribution is 2.20. The Kier molecular flexibility index (Phi) is 4.59. The van der Waals surface area contributed by atoms with E-state index in [4.69, 9.17) is 21.6 Å². The average molecular weight is 287 g/mol. The Labute approximate surface area is 121 Å². The van der Waals surface area contributed by atoms with Gasteiger partial charge in [-0.15, -0.1) is 0 Å². The van der Waals surface area contributed by atoms with E-state index in [0.29, 0.717) is 22.0 Å². The third-order valence-electron chi connectivity index (χ3n) is 2.49. The van der Waals surface area contributed by atoms with Crippen LogP contribution in [0.1, 0.15) is 5.56 Å². The van der Waals surface area contributed by atoms with Crippen LogP contribution in [0.25, 0.3) is 0 Å². The first-order valence-electron chi connectivity index (χ1n) is 5.86. The highest BCUT2D eigenvalue weighted by atomic mass is 35.5. The Balaban J connectivity index is 1.92. The number of carbonyl (C=O) groups excluding carboxylic acids is 1. The molecule has 0 aliphatic rings. The second kappa shape index (κ2) is 6.60. The molecule has 0 heterocycles. The Morgan fingerprint density at radius 3 is 2.65 bits per heavy atom. The van der Waals surface area contributed by atoms with Crippen LogP contribution in [0.2, 0.25) is 5.02 Å². The van der Waals surface area contributed by atoms with Gasteiger partial charge in [0.15, 0.2) is 6.61 Å². The first-order valence-corrected chi connectivity index (χ1v) is 6.24. The Morgan fingerprint density at radius 1 is 1.25 bits per heavy atom. The van der Waals surface area contributed by atoms with Crippen molar-refractivity contribution >= 4 is 23.2 Å². The average Bonchev–Trinajstić information content (AvgIpc) is 2.46. The zero-order valence-electron chi connectivity index (χ0n) is 10.5. The van der Waals surface area contributed by atoms with Crippen LogP contribution in [0.15, 0.2) is 48.5 Å². The van der Waals surface area contributed by atoms with Crippen molar-refractivity contribution in [2.75, 3.05) is 11.9 Å². The van der Waals surface area contributed by atoms with E-state index >= 15 is 0 Å². The topological polar surface area (TPSA) is 62.1 Å². The van der Waals surface area contributed by atoms with Crippen molar-refractivity contribution in [1.82, 2.24) is 0 Å². The molecule has 2 aromatic rings. The minimum atomic E-state index is -0.297. The molecule has 0 radical (unpaired) electrons. The number of amides is 1. The lowest BCUT2D eigenvalue weighted by Crippen LogP contribution is -2.20. The quantitative estimate of drug-likeness (QED) is 0.938. The fraction of sp³-hybridized carbons (Fsp3) is 0.0667. The van der Waals surface area contributed by atoms with Crippen LogP contribution < -0.4 is 10.1 Å². The van der Waals surface area contributed by atoms with E-state index in [0.717, 1.165) is 0 Å². The molecule has 100 valence electrons. The summed E-state index contributed by atoms with van der Waals surface area (Å²) in [5.74, 6) is 0.329. The lowest BCUT2D eigenvalue weighted by molar-refractivity contribution is -0.118. The SMILES string of the molecule is N#Cc1ccc(NC(=O)COc2ccccc2)cc1Cl. The summed E-state index contributed by atoms with van der Waals surface area (Å²) < 4.78 is 5.32. The number of nitriles is 1. The van der Waals surface area contributed by atoms with Gasteiger partial charge in [0.2, 0.25) is 0 Å². The van der Waals surface area contributed by atoms with Crippen LogP contribution in [0, 0.1) is 11.3 Å². The number of nitrogens with one attached hydrogen (secondary N) is 1. The van der Waals surface area contributed by atoms with Gasteiger partial charge in [-0.1, -0.05) is 29.8 Å². The summed E-state index contributed by atoms with van der Waals surface area (Å²) in [5.41, 5.74) is 0.890. The van der Waals surface area contributed by atoms with Crippen molar-refractivity contribution in [2.45, 2.75) is 0 Å². The molecule has 0 spiro atoms. The molecule has 0 unspecified atom stereocenters. The molecule has 0 aliphatic carbocycles. The van der Waals surface area contributed by atoms with Crippen LogP contribution >= 0.6 is 11.6 Å². The molecule has 0 saturated carbocycles. The predicted molar refractivity (Wildman–Crippen MR) is 76.7 cm³/mol. The van der Waals surface area contributed by atoms with Crippen molar-refractivity contribution in [2.24, 2.45) is 0 Å². The summed E-state index contributed by atoms with van der Waals surface area (Å²) in [7, 11) is 0.